The third-order valence-electron chi connectivity index (χ3n) is 4.45. The molecule has 138 valence electrons. The fourth-order valence-electron chi connectivity index (χ4n) is 3.18. The average molecular weight is 372 g/mol. The van der Waals surface area contributed by atoms with Crippen molar-refractivity contribution < 1.29 is 27.1 Å². The number of aromatic nitrogens is 1. The van der Waals surface area contributed by atoms with Crippen molar-refractivity contribution in [1.82, 2.24) is 9.88 Å². The smallest absolute Gasteiger partial charge is 0.250 e. The summed E-state index contributed by atoms with van der Waals surface area (Å²) in [6.07, 6.45) is 3.50. The number of pyridine rings is 1. The van der Waals surface area contributed by atoms with E-state index in [9.17, 15) is 17.6 Å². The Morgan fingerprint density at radius 1 is 1.52 bits per heavy atom. The fraction of sp³-hybridized carbons (Fsp3) is 0.625. The Morgan fingerprint density at radius 2 is 2.28 bits per heavy atom. The van der Waals surface area contributed by atoms with Gasteiger partial charge in [-0.2, -0.15) is 0 Å². The van der Waals surface area contributed by atoms with Crippen LogP contribution in [-0.2, 0) is 19.4 Å². The highest BCUT2D eigenvalue weighted by molar-refractivity contribution is 7.90. The maximum atomic E-state index is 13.7. The quantitative estimate of drug-likeness (QED) is 0.760. The normalized spacial score (nSPS) is 22.5. The molecule has 25 heavy (non-hydrogen) atoms. The van der Waals surface area contributed by atoms with Crippen molar-refractivity contribution in [1.29, 1.82) is 0 Å². The highest BCUT2D eigenvalue weighted by Gasteiger charge is 2.49. The number of hydrogen-bond acceptors (Lipinski definition) is 6. The Hall–Kier alpha value is -1.74. The second-order valence-electron chi connectivity index (χ2n) is 6.68. The maximum Gasteiger partial charge on any atom is 0.250 e. The standard InChI is InChI=1S/C16H21FN2O5S/c1-25(21,22)8-5-14(20)19-10-16(11-19)9-12(4-7-23-16)24-15-13(17)3-2-6-18-15/h2-3,6,12H,4-5,7-11H2,1H3. The number of amides is 1. The van der Waals surface area contributed by atoms with Crippen molar-refractivity contribution in [2.24, 2.45) is 0 Å². The van der Waals surface area contributed by atoms with E-state index in [1.54, 1.807) is 4.90 Å². The molecule has 2 fully saturated rings. The van der Waals surface area contributed by atoms with Gasteiger partial charge in [-0.15, -0.1) is 0 Å². The Labute approximate surface area is 146 Å². The van der Waals surface area contributed by atoms with Crippen LogP contribution in [-0.4, -0.2) is 67.6 Å². The highest BCUT2D eigenvalue weighted by atomic mass is 32.2. The predicted molar refractivity (Wildman–Crippen MR) is 87.4 cm³/mol. The molecule has 0 radical (unpaired) electrons. The molecule has 2 saturated heterocycles. The zero-order valence-corrected chi connectivity index (χ0v) is 14.8. The van der Waals surface area contributed by atoms with Gasteiger partial charge >= 0.3 is 0 Å². The molecule has 0 aromatic carbocycles. The predicted octanol–water partition coefficient (Wildman–Crippen LogP) is 0.794. The first kappa shape index (κ1) is 18.1. The number of hydrogen-bond donors (Lipinski definition) is 0. The number of rotatable bonds is 5. The van der Waals surface area contributed by atoms with E-state index in [0.717, 1.165) is 6.26 Å². The molecule has 2 aliphatic heterocycles. The second kappa shape index (κ2) is 6.87. The van der Waals surface area contributed by atoms with E-state index in [2.05, 4.69) is 4.98 Å². The summed E-state index contributed by atoms with van der Waals surface area (Å²) in [5, 5.41) is 0. The first-order chi connectivity index (χ1) is 11.8. The molecule has 7 nitrogen and oxygen atoms in total. The van der Waals surface area contributed by atoms with Crippen LogP contribution >= 0.6 is 0 Å². The van der Waals surface area contributed by atoms with Crippen LogP contribution in [0.3, 0.4) is 0 Å². The maximum absolute atomic E-state index is 13.7. The Kier molecular flexibility index (Phi) is 4.97. The molecule has 2 aliphatic rings. The number of carbonyl (C=O) groups is 1. The van der Waals surface area contributed by atoms with Crippen molar-refractivity contribution in [3.63, 3.8) is 0 Å². The minimum Gasteiger partial charge on any atom is -0.472 e. The molecule has 3 heterocycles. The van der Waals surface area contributed by atoms with Gasteiger partial charge in [0.15, 0.2) is 5.82 Å². The summed E-state index contributed by atoms with van der Waals surface area (Å²) in [5.74, 6) is -0.876. The number of sulfone groups is 1. The average Bonchev–Trinajstić information content (AvgIpc) is 2.52. The summed E-state index contributed by atoms with van der Waals surface area (Å²) in [6.45, 7) is 1.27. The van der Waals surface area contributed by atoms with Gasteiger partial charge in [-0.3, -0.25) is 4.79 Å². The molecule has 1 spiro atoms. The van der Waals surface area contributed by atoms with Gasteiger partial charge < -0.3 is 14.4 Å². The lowest BCUT2D eigenvalue weighted by molar-refractivity contribution is -0.193. The van der Waals surface area contributed by atoms with Crippen molar-refractivity contribution in [2.75, 3.05) is 31.7 Å². The van der Waals surface area contributed by atoms with E-state index in [-0.39, 0.29) is 30.1 Å². The van der Waals surface area contributed by atoms with Crippen molar-refractivity contribution in [3.05, 3.63) is 24.1 Å². The summed E-state index contributed by atoms with van der Waals surface area (Å²) < 4.78 is 47.4. The Bertz CT molecular complexity index is 749. The van der Waals surface area contributed by atoms with Crippen LogP contribution in [0.1, 0.15) is 19.3 Å². The van der Waals surface area contributed by atoms with Gasteiger partial charge in [-0.05, 0) is 12.1 Å². The van der Waals surface area contributed by atoms with Crippen LogP contribution in [0, 0.1) is 5.82 Å². The zero-order chi connectivity index (χ0) is 18.1. The number of ether oxygens (including phenoxy) is 2. The number of halogens is 1. The second-order valence-corrected chi connectivity index (χ2v) is 8.94. The molecule has 3 rings (SSSR count). The van der Waals surface area contributed by atoms with Gasteiger partial charge in [0.05, 0.1) is 25.4 Å². The van der Waals surface area contributed by atoms with Crippen LogP contribution in [0.15, 0.2) is 18.3 Å². The molecular formula is C16H21FN2O5S. The van der Waals surface area contributed by atoms with Crippen LogP contribution in [0.25, 0.3) is 0 Å². The largest absolute Gasteiger partial charge is 0.472 e. The van der Waals surface area contributed by atoms with Gasteiger partial charge in [-0.1, -0.05) is 0 Å². The van der Waals surface area contributed by atoms with Crippen molar-refractivity contribution in [2.45, 2.75) is 31.0 Å². The summed E-state index contributed by atoms with van der Waals surface area (Å²) >= 11 is 0. The zero-order valence-electron chi connectivity index (χ0n) is 14.0. The van der Waals surface area contributed by atoms with E-state index in [0.29, 0.717) is 32.5 Å². The monoisotopic (exact) mass is 372 g/mol. The molecule has 0 bridgehead atoms. The SMILES string of the molecule is CS(=O)(=O)CCC(=O)N1CC2(CC(Oc3ncccc3F)CCO2)C1. The van der Waals surface area contributed by atoms with Gasteiger partial charge in [0.25, 0.3) is 5.88 Å². The van der Waals surface area contributed by atoms with E-state index in [1.165, 1.54) is 18.3 Å². The van der Waals surface area contributed by atoms with Crippen molar-refractivity contribution >= 4 is 15.7 Å². The van der Waals surface area contributed by atoms with E-state index in [4.69, 9.17) is 9.47 Å². The summed E-state index contributed by atoms with van der Waals surface area (Å²) in [4.78, 5) is 17.5. The molecule has 1 aromatic heterocycles. The number of nitrogens with zero attached hydrogens (tertiary/aromatic N) is 2. The molecule has 1 atom stereocenters. The van der Waals surface area contributed by atoms with Crippen LogP contribution < -0.4 is 4.74 Å². The molecule has 0 N–H and O–H groups in total. The molecule has 0 saturated carbocycles. The highest BCUT2D eigenvalue weighted by Crippen LogP contribution is 2.36. The topological polar surface area (TPSA) is 85.8 Å². The van der Waals surface area contributed by atoms with Gasteiger partial charge in [0.2, 0.25) is 5.91 Å². The molecule has 1 amide bonds. The summed E-state index contributed by atoms with van der Waals surface area (Å²) in [5.41, 5.74) is -0.491. The minimum atomic E-state index is -3.16. The van der Waals surface area contributed by atoms with Gasteiger partial charge in [0.1, 0.15) is 21.5 Å². The van der Waals surface area contributed by atoms with E-state index >= 15 is 0 Å². The molecule has 1 aromatic rings. The first-order valence-corrected chi connectivity index (χ1v) is 10.2. The van der Waals surface area contributed by atoms with Crippen LogP contribution in [0.4, 0.5) is 4.39 Å². The molecular weight excluding hydrogens is 351 g/mol. The molecule has 1 unspecified atom stereocenters. The summed E-state index contributed by atoms with van der Waals surface area (Å²) in [6, 6.07) is 2.79. The van der Waals surface area contributed by atoms with E-state index < -0.39 is 21.3 Å². The van der Waals surface area contributed by atoms with Crippen molar-refractivity contribution in [3.8, 4) is 5.88 Å². The number of carbonyl (C=O) groups excluding carboxylic acids is 1. The Balaban J connectivity index is 1.53. The van der Waals surface area contributed by atoms with Crippen LogP contribution in [0.5, 0.6) is 5.88 Å². The van der Waals surface area contributed by atoms with E-state index in [1.807, 2.05) is 0 Å². The lowest BCUT2D eigenvalue weighted by Crippen LogP contribution is -2.67. The third kappa shape index (κ3) is 4.46. The van der Waals surface area contributed by atoms with Crippen LogP contribution in [0.2, 0.25) is 0 Å². The summed E-state index contributed by atoms with van der Waals surface area (Å²) in [7, 11) is -3.16. The lowest BCUT2D eigenvalue weighted by Gasteiger charge is -2.52. The fourth-order valence-corrected chi connectivity index (χ4v) is 3.72. The molecule has 9 heteroatoms. The minimum absolute atomic E-state index is 0.0199. The molecule has 0 aliphatic carbocycles. The first-order valence-electron chi connectivity index (χ1n) is 8.13. The number of likely N-dealkylation sites (tertiary alicyclic amines) is 1. The van der Waals surface area contributed by atoms with Gasteiger partial charge in [0, 0.05) is 31.7 Å². The lowest BCUT2D eigenvalue weighted by atomic mass is 9.84. The Morgan fingerprint density at radius 3 is 2.96 bits per heavy atom. The van der Waals surface area contributed by atoms with Gasteiger partial charge in [-0.25, -0.2) is 17.8 Å². The third-order valence-corrected chi connectivity index (χ3v) is 5.39.